The van der Waals surface area contributed by atoms with Gasteiger partial charge in [-0.25, -0.2) is 0 Å². The van der Waals surface area contributed by atoms with Crippen molar-refractivity contribution < 1.29 is 14.3 Å². The normalized spacial score (nSPS) is 28.6. The van der Waals surface area contributed by atoms with E-state index >= 15 is 0 Å². The van der Waals surface area contributed by atoms with Crippen molar-refractivity contribution in [3.63, 3.8) is 0 Å². The fourth-order valence-corrected chi connectivity index (χ4v) is 1.85. The van der Waals surface area contributed by atoms with Crippen LogP contribution in [0.4, 0.5) is 0 Å². The third-order valence-electron chi connectivity index (χ3n) is 2.92. The Balaban J connectivity index is 2.27. The lowest BCUT2D eigenvalue weighted by molar-refractivity contribution is -0.137. The van der Waals surface area contributed by atoms with Gasteiger partial charge in [-0.3, -0.25) is 4.79 Å². The van der Waals surface area contributed by atoms with Crippen molar-refractivity contribution in [3.8, 4) is 0 Å². The largest absolute Gasteiger partial charge is 0.377 e. The molecular formula is C11H22N2O3. The van der Waals surface area contributed by atoms with Gasteiger partial charge in [0.25, 0.3) is 0 Å². The molecule has 16 heavy (non-hydrogen) atoms. The fraction of sp³-hybridized carbons (Fsp3) is 0.909. The number of hydrogen-bond donors (Lipinski definition) is 1. The van der Waals surface area contributed by atoms with Crippen molar-refractivity contribution in [1.29, 1.82) is 0 Å². The van der Waals surface area contributed by atoms with Crippen LogP contribution in [0.15, 0.2) is 0 Å². The van der Waals surface area contributed by atoms with E-state index < -0.39 is 0 Å². The van der Waals surface area contributed by atoms with Crippen molar-refractivity contribution >= 4 is 5.91 Å². The van der Waals surface area contributed by atoms with Crippen molar-refractivity contribution in [2.24, 2.45) is 0 Å². The second kappa shape index (κ2) is 6.18. The molecule has 1 aliphatic rings. The lowest BCUT2D eigenvalue weighted by atomic mass is 9.85. The van der Waals surface area contributed by atoms with Crippen molar-refractivity contribution in [3.05, 3.63) is 0 Å². The molecule has 0 saturated heterocycles. The first-order valence-corrected chi connectivity index (χ1v) is 5.68. The van der Waals surface area contributed by atoms with Crippen LogP contribution in [-0.2, 0) is 14.3 Å². The summed E-state index contributed by atoms with van der Waals surface area (Å²) < 4.78 is 10.8. The van der Waals surface area contributed by atoms with Gasteiger partial charge in [-0.05, 0) is 13.3 Å². The molecule has 0 radical (unpaired) electrons. The summed E-state index contributed by atoms with van der Waals surface area (Å²) in [4.78, 5) is 13.0. The summed E-state index contributed by atoms with van der Waals surface area (Å²) >= 11 is 0. The minimum Gasteiger partial charge on any atom is -0.377 e. The zero-order valence-electron chi connectivity index (χ0n) is 10.5. The molecule has 1 fully saturated rings. The van der Waals surface area contributed by atoms with Gasteiger partial charge in [-0.2, -0.15) is 0 Å². The molecule has 1 saturated carbocycles. The molecule has 1 aliphatic carbocycles. The van der Waals surface area contributed by atoms with Gasteiger partial charge in [0.2, 0.25) is 5.91 Å². The molecule has 1 N–H and O–H groups in total. The maximum Gasteiger partial charge on any atom is 0.236 e. The highest BCUT2D eigenvalue weighted by molar-refractivity contribution is 5.77. The van der Waals surface area contributed by atoms with E-state index in [-0.39, 0.29) is 24.2 Å². The Morgan fingerprint density at radius 2 is 2.19 bits per heavy atom. The molecule has 5 heteroatoms. The summed E-state index contributed by atoms with van der Waals surface area (Å²) in [5.41, 5.74) is 0. The van der Waals surface area contributed by atoms with Crippen LogP contribution >= 0.6 is 0 Å². The Labute approximate surface area is 97.1 Å². The number of hydrogen-bond acceptors (Lipinski definition) is 4. The van der Waals surface area contributed by atoms with Crippen LogP contribution in [0.25, 0.3) is 0 Å². The Kier molecular flexibility index (Phi) is 5.18. The number of methoxy groups -OCH3 is 1. The predicted octanol–water partition coefficient (Wildman–Crippen LogP) is -0.143. The van der Waals surface area contributed by atoms with E-state index in [9.17, 15) is 4.79 Å². The smallest absolute Gasteiger partial charge is 0.236 e. The van der Waals surface area contributed by atoms with Crippen molar-refractivity contribution in [1.82, 2.24) is 10.2 Å². The van der Waals surface area contributed by atoms with E-state index in [1.54, 1.807) is 26.1 Å². The zero-order chi connectivity index (χ0) is 12.1. The van der Waals surface area contributed by atoms with Gasteiger partial charge in [0, 0.05) is 33.9 Å². The maximum absolute atomic E-state index is 11.4. The highest BCUT2D eigenvalue weighted by atomic mass is 16.5. The Morgan fingerprint density at radius 1 is 1.50 bits per heavy atom. The summed E-state index contributed by atoms with van der Waals surface area (Å²) in [6, 6.07) is 0.227. The van der Waals surface area contributed by atoms with Gasteiger partial charge in [-0.15, -0.1) is 0 Å². The van der Waals surface area contributed by atoms with E-state index in [0.29, 0.717) is 13.2 Å². The monoisotopic (exact) mass is 230 g/mol. The number of carbonyl (C=O) groups excluding carboxylic acids is 1. The molecule has 1 rings (SSSR count). The topological polar surface area (TPSA) is 50.8 Å². The second-order valence-corrected chi connectivity index (χ2v) is 4.21. The molecule has 5 nitrogen and oxygen atoms in total. The first-order chi connectivity index (χ1) is 7.60. The molecule has 0 aromatic rings. The lowest BCUT2D eigenvalue weighted by Crippen LogP contribution is -2.60. The van der Waals surface area contributed by atoms with Gasteiger partial charge in [-0.1, -0.05) is 0 Å². The third kappa shape index (κ3) is 3.17. The molecule has 0 heterocycles. The molecule has 0 aromatic carbocycles. The molecule has 0 aliphatic heterocycles. The molecule has 3 atom stereocenters. The van der Waals surface area contributed by atoms with Crippen molar-refractivity contribution in [2.75, 3.05) is 34.4 Å². The molecule has 0 aromatic heterocycles. The van der Waals surface area contributed by atoms with Crippen LogP contribution in [0.5, 0.6) is 0 Å². The molecule has 94 valence electrons. The van der Waals surface area contributed by atoms with Crippen LogP contribution in [0, 0.1) is 0 Å². The molecular weight excluding hydrogens is 208 g/mol. The van der Waals surface area contributed by atoms with E-state index in [1.807, 2.05) is 6.92 Å². The molecule has 3 unspecified atom stereocenters. The van der Waals surface area contributed by atoms with E-state index in [4.69, 9.17) is 9.47 Å². The van der Waals surface area contributed by atoms with Crippen molar-refractivity contribution in [2.45, 2.75) is 31.6 Å². The lowest BCUT2D eigenvalue weighted by Gasteiger charge is -2.43. The Bertz CT molecular complexity index is 233. The van der Waals surface area contributed by atoms with Gasteiger partial charge < -0.3 is 19.7 Å². The number of carbonyl (C=O) groups is 1. The highest BCUT2D eigenvalue weighted by Gasteiger charge is 2.41. The van der Waals surface area contributed by atoms with Crippen LogP contribution < -0.4 is 5.32 Å². The minimum atomic E-state index is 0.0647. The molecule has 1 amide bonds. The number of amides is 1. The second-order valence-electron chi connectivity index (χ2n) is 4.21. The average Bonchev–Trinajstić information content (AvgIpc) is 2.22. The number of rotatable bonds is 6. The SMILES string of the molecule is CCOC1CC(NCC(=O)N(C)C)C1OC. The van der Waals surface area contributed by atoms with Crippen LogP contribution in [0.3, 0.4) is 0 Å². The number of nitrogens with one attached hydrogen (secondary N) is 1. The predicted molar refractivity (Wildman–Crippen MR) is 61.3 cm³/mol. The standard InChI is InChI=1S/C11H22N2O3/c1-5-16-9-6-8(11(9)15-4)12-7-10(14)13(2)3/h8-9,11-12H,5-7H2,1-4H3. The fourth-order valence-electron chi connectivity index (χ4n) is 1.85. The summed E-state index contributed by atoms with van der Waals surface area (Å²) in [6.45, 7) is 3.04. The van der Waals surface area contributed by atoms with E-state index in [1.165, 1.54) is 0 Å². The third-order valence-corrected chi connectivity index (χ3v) is 2.92. The first-order valence-electron chi connectivity index (χ1n) is 5.68. The zero-order valence-corrected chi connectivity index (χ0v) is 10.5. The van der Waals surface area contributed by atoms with Gasteiger partial charge in [0.15, 0.2) is 0 Å². The highest BCUT2D eigenvalue weighted by Crippen LogP contribution is 2.26. The summed E-state index contributed by atoms with van der Waals surface area (Å²) in [5.74, 6) is 0.0784. The summed E-state index contributed by atoms with van der Waals surface area (Å²) in [6.07, 6.45) is 1.14. The number of nitrogens with zero attached hydrogens (tertiary/aromatic N) is 1. The van der Waals surface area contributed by atoms with Crippen LogP contribution in [-0.4, -0.2) is 63.4 Å². The van der Waals surface area contributed by atoms with Gasteiger partial charge in [0.1, 0.15) is 0 Å². The number of likely N-dealkylation sites (N-methyl/N-ethyl adjacent to an activating group) is 1. The van der Waals surface area contributed by atoms with Gasteiger partial charge in [0.05, 0.1) is 18.8 Å². The average molecular weight is 230 g/mol. The van der Waals surface area contributed by atoms with Crippen LogP contribution in [0.2, 0.25) is 0 Å². The quantitative estimate of drug-likeness (QED) is 0.690. The summed E-state index contributed by atoms with van der Waals surface area (Å²) in [5, 5.41) is 3.19. The molecule has 0 bridgehead atoms. The minimum absolute atomic E-state index is 0.0647. The maximum atomic E-state index is 11.4. The number of ether oxygens (including phenoxy) is 2. The van der Waals surface area contributed by atoms with E-state index in [0.717, 1.165) is 6.42 Å². The first kappa shape index (κ1) is 13.4. The Morgan fingerprint density at radius 3 is 2.69 bits per heavy atom. The Hall–Kier alpha value is -0.650. The molecule has 0 spiro atoms. The van der Waals surface area contributed by atoms with E-state index in [2.05, 4.69) is 5.32 Å². The van der Waals surface area contributed by atoms with Gasteiger partial charge >= 0.3 is 0 Å². The summed E-state index contributed by atoms with van der Waals surface area (Å²) in [7, 11) is 5.18. The van der Waals surface area contributed by atoms with Crippen LogP contribution in [0.1, 0.15) is 13.3 Å².